The average molecular weight is 521 g/mol. The van der Waals surface area contributed by atoms with Crippen LogP contribution in [0.15, 0.2) is 66.9 Å². The molecule has 0 fully saturated rings. The summed E-state index contributed by atoms with van der Waals surface area (Å²) in [7, 11) is 1.36. The molecule has 0 saturated carbocycles. The van der Waals surface area contributed by atoms with Crippen LogP contribution >= 0.6 is 0 Å². The first-order chi connectivity index (χ1) is 18.9. The van der Waals surface area contributed by atoms with Crippen LogP contribution in [0.5, 0.6) is 6.01 Å². The summed E-state index contributed by atoms with van der Waals surface area (Å²) in [6.45, 7) is 6.90. The Labute approximate surface area is 226 Å². The maximum absolute atomic E-state index is 12.5. The smallest absolute Gasteiger partial charge is 0.340 e. The van der Waals surface area contributed by atoms with Gasteiger partial charge in [-0.2, -0.15) is 10.2 Å². The Morgan fingerprint density at radius 2 is 1.90 bits per heavy atom. The van der Waals surface area contributed by atoms with E-state index in [1.54, 1.807) is 22.9 Å². The molecule has 2 aromatic heterocycles. The molecule has 0 bridgehead atoms. The largest absolute Gasteiger partial charge is 0.465 e. The number of rotatable bonds is 8. The fraction of sp³-hybridized carbons (Fsp3) is 0.233. The van der Waals surface area contributed by atoms with Crippen molar-refractivity contribution < 1.29 is 14.3 Å². The van der Waals surface area contributed by atoms with Crippen molar-refractivity contribution in [1.82, 2.24) is 24.5 Å². The number of methoxy groups -OCH3 is 1. The Hall–Kier alpha value is -4.97. The zero-order chi connectivity index (χ0) is 27.5. The van der Waals surface area contributed by atoms with Gasteiger partial charge in [0.25, 0.3) is 6.01 Å². The minimum absolute atomic E-state index is 0.267. The summed E-state index contributed by atoms with van der Waals surface area (Å²) >= 11 is 0. The Kier molecular flexibility index (Phi) is 7.10. The topological polar surface area (TPSA) is 108 Å². The molecule has 0 unspecified atom stereocenters. The number of hydrogen-bond acceptors (Lipinski definition) is 7. The molecule has 2 heterocycles. The molecule has 0 saturated heterocycles. The third kappa shape index (κ3) is 4.97. The number of carbonyl (C=O) groups is 1. The van der Waals surface area contributed by atoms with Gasteiger partial charge in [-0.3, -0.25) is 4.57 Å². The highest BCUT2D eigenvalue weighted by Gasteiger charge is 2.20. The summed E-state index contributed by atoms with van der Waals surface area (Å²) in [5.74, 6) is -0.166. The SMILES string of the molecule is CCOc1nc2cccc(C(=O)OC)c2n1Cc1ccc(-c2cc(-n3cc(C(C)C)nn3)ccc2C#N)cc1. The maximum Gasteiger partial charge on any atom is 0.340 e. The number of carbonyl (C=O) groups excluding carboxylic acids is 1. The highest BCUT2D eigenvalue weighted by Crippen LogP contribution is 2.29. The number of ether oxygens (including phenoxy) is 2. The highest BCUT2D eigenvalue weighted by molar-refractivity contribution is 6.02. The van der Waals surface area contributed by atoms with Gasteiger partial charge in [0.15, 0.2) is 0 Å². The van der Waals surface area contributed by atoms with Gasteiger partial charge in [0.05, 0.1) is 66.1 Å². The fourth-order valence-corrected chi connectivity index (χ4v) is 4.48. The maximum atomic E-state index is 12.5. The molecule has 5 rings (SSSR count). The van der Waals surface area contributed by atoms with Crippen molar-refractivity contribution in [3.8, 4) is 28.9 Å². The first-order valence-corrected chi connectivity index (χ1v) is 12.7. The second-order valence-electron chi connectivity index (χ2n) is 9.36. The number of fused-ring (bicyclic) bond motifs is 1. The molecule has 39 heavy (non-hydrogen) atoms. The molecule has 9 nitrogen and oxygen atoms in total. The monoisotopic (exact) mass is 520 g/mol. The van der Waals surface area contributed by atoms with Crippen molar-refractivity contribution in [1.29, 1.82) is 5.26 Å². The normalized spacial score (nSPS) is 11.1. The van der Waals surface area contributed by atoms with Crippen LogP contribution in [0.3, 0.4) is 0 Å². The van der Waals surface area contributed by atoms with E-state index in [4.69, 9.17) is 9.47 Å². The van der Waals surface area contributed by atoms with E-state index in [0.717, 1.165) is 28.1 Å². The van der Waals surface area contributed by atoms with Crippen molar-refractivity contribution in [2.45, 2.75) is 33.2 Å². The van der Waals surface area contributed by atoms with Crippen LogP contribution in [0.1, 0.15) is 53.9 Å². The van der Waals surface area contributed by atoms with E-state index in [1.165, 1.54) is 7.11 Å². The third-order valence-electron chi connectivity index (χ3n) is 6.51. The van der Waals surface area contributed by atoms with Crippen molar-refractivity contribution in [3.05, 3.63) is 89.2 Å². The van der Waals surface area contributed by atoms with Crippen LogP contribution in [-0.4, -0.2) is 44.2 Å². The average Bonchev–Trinajstić information content (AvgIpc) is 3.59. The molecule has 0 amide bonds. The summed E-state index contributed by atoms with van der Waals surface area (Å²) in [6, 6.07) is 21.7. The molecule has 0 radical (unpaired) electrons. The number of esters is 1. The van der Waals surface area contributed by atoms with E-state index < -0.39 is 5.97 Å². The number of nitrogens with zero attached hydrogens (tertiary/aromatic N) is 6. The minimum atomic E-state index is -0.433. The molecular formula is C30H28N6O3. The van der Waals surface area contributed by atoms with Crippen molar-refractivity contribution in [2.24, 2.45) is 0 Å². The van der Waals surface area contributed by atoms with Gasteiger partial charge in [-0.1, -0.05) is 49.4 Å². The molecule has 0 aliphatic rings. The zero-order valence-corrected chi connectivity index (χ0v) is 22.3. The van der Waals surface area contributed by atoms with Gasteiger partial charge in [0.2, 0.25) is 0 Å². The van der Waals surface area contributed by atoms with Crippen LogP contribution in [-0.2, 0) is 11.3 Å². The van der Waals surface area contributed by atoms with E-state index in [0.29, 0.717) is 41.3 Å². The third-order valence-corrected chi connectivity index (χ3v) is 6.51. The quantitative estimate of drug-likeness (QED) is 0.248. The molecule has 0 atom stereocenters. The summed E-state index contributed by atoms with van der Waals surface area (Å²) in [6.07, 6.45) is 1.91. The minimum Gasteiger partial charge on any atom is -0.465 e. The van der Waals surface area contributed by atoms with E-state index in [9.17, 15) is 10.1 Å². The first kappa shape index (κ1) is 25.7. The Balaban J connectivity index is 1.51. The zero-order valence-electron chi connectivity index (χ0n) is 22.3. The molecule has 5 aromatic rings. The molecule has 0 N–H and O–H groups in total. The van der Waals surface area contributed by atoms with Crippen LogP contribution in [0.4, 0.5) is 0 Å². The lowest BCUT2D eigenvalue weighted by Crippen LogP contribution is -2.09. The Morgan fingerprint density at radius 1 is 1.10 bits per heavy atom. The molecule has 0 aliphatic carbocycles. The molecule has 0 spiro atoms. The fourth-order valence-electron chi connectivity index (χ4n) is 4.48. The molecule has 9 heteroatoms. The lowest BCUT2D eigenvalue weighted by atomic mass is 9.98. The number of nitriles is 1. The number of para-hydroxylation sites is 1. The predicted octanol–water partition coefficient (Wildman–Crippen LogP) is 5.51. The summed E-state index contributed by atoms with van der Waals surface area (Å²) in [5, 5.41) is 18.3. The summed E-state index contributed by atoms with van der Waals surface area (Å²) in [5.41, 5.74) is 6.72. The van der Waals surface area contributed by atoms with Gasteiger partial charge in [-0.25, -0.2) is 9.48 Å². The Morgan fingerprint density at radius 3 is 2.56 bits per heavy atom. The van der Waals surface area contributed by atoms with E-state index in [1.807, 2.05) is 60.2 Å². The van der Waals surface area contributed by atoms with Gasteiger partial charge < -0.3 is 9.47 Å². The molecule has 0 aliphatic heterocycles. The van der Waals surface area contributed by atoms with Gasteiger partial charge in [-0.05, 0) is 54.3 Å². The van der Waals surface area contributed by atoms with Crippen LogP contribution in [0, 0.1) is 11.3 Å². The molecule has 196 valence electrons. The second kappa shape index (κ2) is 10.8. The highest BCUT2D eigenvalue weighted by atomic mass is 16.5. The van der Waals surface area contributed by atoms with Crippen LogP contribution in [0.25, 0.3) is 27.8 Å². The standard InChI is InChI=1S/C30H28N6O3/c1-5-39-30-32-26-8-6-7-24(29(37)38-4)28(26)35(30)17-20-9-11-21(12-10-20)25-15-23(14-13-22(25)16-31)36-18-27(19(2)3)33-34-36/h6-15,18-19H,5,17H2,1-4H3. The summed E-state index contributed by atoms with van der Waals surface area (Å²) in [4.78, 5) is 17.1. The van der Waals surface area contributed by atoms with Crippen LogP contribution in [0.2, 0.25) is 0 Å². The molecule has 3 aromatic carbocycles. The number of aromatic nitrogens is 5. The number of hydrogen-bond donors (Lipinski definition) is 0. The van der Waals surface area contributed by atoms with Crippen molar-refractivity contribution >= 4 is 17.0 Å². The second-order valence-corrected chi connectivity index (χ2v) is 9.36. The predicted molar refractivity (Wildman–Crippen MR) is 147 cm³/mol. The van der Waals surface area contributed by atoms with Gasteiger partial charge >= 0.3 is 5.97 Å². The molecular weight excluding hydrogens is 492 g/mol. The Bertz CT molecular complexity index is 1690. The van der Waals surface area contributed by atoms with E-state index in [2.05, 4.69) is 35.2 Å². The number of benzene rings is 3. The lowest BCUT2D eigenvalue weighted by Gasteiger charge is -2.12. The van der Waals surface area contributed by atoms with Crippen molar-refractivity contribution in [2.75, 3.05) is 13.7 Å². The van der Waals surface area contributed by atoms with Gasteiger partial charge in [0, 0.05) is 5.56 Å². The lowest BCUT2D eigenvalue weighted by molar-refractivity contribution is 0.0602. The number of imidazole rings is 1. The van der Waals surface area contributed by atoms with Gasteiger partial charge in [0.1, 0.15) is 0 Å². The van der Waals surface area contributed by atoms with Crippen LogP contribution < -0.4 is 4.74 Å². The summed E-state index contributed by atoms with van der Waals surface area (Å²) < 4.78 is 14.4. The first-order valence-electron chi connectivity index (χ1n) is 12.7. The van der Waals surface area contributed by atoms with Crippen molar-refractivity contribution in [3.63, 3.8) is 0 Å². The van der Waals surface area contributed by atoms with E-state index in [-0.39, 0.29) is 5.92 Å². The van der Waals surface area contributed by atoms with Gasteiger partial charge in [-0.15, -0.1) is 5.10 Å². The van der Waals surface area contributed by atoms with E-state index >= 15 is 0 Å².